The number of ether oxygens (including phenoxy) is 3. The number of aromatic nitrogens is 1. The maximum absolute atomic E-state index is 9.38. The highest BCUT2D eigenvalue weighted by molar-refractivity contribution is 5.81. The minimum absolute atomic E-state index is 0.189. The number of benzene rings is 1. The van der Waals surface area contributed by atoms with Gasteiger partial charge in [-0.05, 0) is 19.1 Å². The molecule has 2 rings (SSSR count). The first-order valence-corrected chi connectivity index (χ1v) is 6.53. The topological polar surface area (TPSA) is 90.4 Å². The third-order valence-corrected chi connectivity index (χ3v) is 3.28. The van der Waals surface area contributed by atoms with E-state index in [4.69, 9.17) is 19.9 Å². The smallest absolute Gasteiger partial charge is 0.164 e. The van der Waals surface area contributed by atoms with Gasteiger partial charge in [0.1, 0.15) is 23.2 Å². The van der Waals surface area contributed by atoms with Crippen molar-refractivity contribution in [3.8, 4) is 34.4 Å². The van der Waals surface area contributed by atoms with Gasteiger partial charge < -0.3 is 19.9 Å². The minimum atomic E-state index is 0.189. The van der Waals surface area contributed by atoms with Gasteiger partial charge in [0.05, 0.1) is 21.3 Å². The van der Waals surface area contributed by atoms with E-state index in [2.05, 4.69) is 11.1 Å². The summed E-state index contributed by atoms with van der Waals surface area (Å²) >= 11 is 0. The number of methoxy groups -OCH3 is 3. The molecule has 1 heterocycles. The second kappa shape index (κ2) is 6.22. The van der Waals surface area contributed by atoms with E-state index in [9.17, 15) is 5.26 Å². The molecule has 0 bridgehead atoms. The first-order valence-electron chi connectivity index (χ1n) is 6.53. The predicted molar refractivity (Wildman–Crippen MR) is 83.2 cm³/mol. The second-order valence-corrected chi connectivity index (χ2v) is 4.59. The first-order chi connectivity index (χ1) is 10.5. The van der Waals surface area contributed by atoms with E-state index in [0.29, 0.717) is 39.6 Å². The molecule has 0 spiro atoms. The third-order valence-electron chi connectivity index (χ3n) is 3.28. The van der Waals surface area contributed by atoms with Crippen LogP contribution in [0.2, 0.25) is 0 Å². The van der Waals surface area contributed by atoms with Crippen LogP contribution in [-0.2, 0) is 0 Å². The lowest BCUT2D eigenvalue weighted by Crippen LogP contribution is -2.01. The Morgan fingerprint density at radius 2 is 1.55 bits per heavy atom. The summed E-state index contributed by atoms with van der Waals surface area (Å²) in [6, 6.07) is 7.35. The molecule has 0 amide bonds. The van der Waals surface area contributed by atoms with Crippen LogP contribution < -0.4 is 19.9 Å². The van der Waals surface area contributed by atoms with Crippen LogP contribution in [0, 0.1) is 18.3 Å². The molecule has 0 aliphatic carbocycles. The number of nitriles is 1. The van der Waals surface area contributed by atoms with E-state index >= 15 is 0 Å². The van der Waals surface area contributed by atoms with E-state index in [0.717, 1.165) is 0 Å². The molecule has 0 fully saturated rings. The van der Waals surface area contributed by atoms with E-state index < -0.39 is 0 Å². The molecule has 6 heteroatoms. The average molecular weight is 299 g/mol. The Bertz CT molecular complexity index is 751. The van der Waals surface area contributed by atoms with Crippen LogP contribution in [0.4, 0.5) is 5.82 Å². The molecule has 1 aromatic heterocycles. The zero-order valence-corrected chi connectivity index (χ0v) is 12.9. The highest BCUT2D eigenvalue weighted by Gasteiger charge is 2.18. The Kier molecular flexibility index (Phi) is 4.37. The molecular formula is C16H17N3O3. The number of nitrogen functional groups attached to an aromatic ring is 1. The summed E-state index contributed by atoms with van der Waals surface area (Å²) in [7, 11) is 4.64. The molecule has 114 valence electrons. The van der Waals surface area contributed by atoms with Crippen molar-refractivity contribution in [2.24, 2.45) is 0 Å². The van der Waals surface area contributed by atoms with E-state index in [1.165, 1.54) is 0 Å². The third kappa shape index (κ3) is 2.61. The fourth-order valence-electron chi connectivity index (χ4n) is 2.27. The summed E-state index contributed by atoms with van der Waals surface area (Å²) in [4.78, 5) is 4.12. The molecule has 0 saturated carbocycles. The molecule has 2 N–H and O–H groups in total. The Balaban J connectivity index is 2.80. The van der Waals surface area contributed by atoms with E-state index in [-0.39, 0.29) is 5.82 Å². The van der Waals surface area contributed by atoms with Crippen LogP contribution >= 0.6 is 0 Å². The molecule has 2 aromatic rings. The van der Waals surface area contributed by atoms with Gasteiger partial charge in [0.15, 0.2) is 11.5 Å². The number of hydrogen-bond acceptors (Lipinski definition) is 6. The maximum Gasteiger partial charge on any atom is 0.164 e. The summed E-state index contributed by atoms with van der Waals surface area (Å²) in [5.74, 6) is 1.82. The number of nitrogens with two attached hydrogens (primary N) is 1. The van der Waals surface area contributed by atoms with Crippen molar-refractivity contribution in [3.63, 3.8) is 0 Å². The monoisotopic (exact) mass is 299 g/mol. The SMILES string of the molecule is COc1cc(OC)c(-c2cc(C)nc(N)c2C#N)cc1OC. The highest BCUT2D eigenvalue weighted by atomic mass is 16.5. The number of nitrogens with zero attached hydrogens (tertiary/aromatic N) is 2. The normalized spacial score (nSPS) is 9.95. The van der Waals surface area contributed by atoms with Gasteiger partial charge in [0, 0.05) is 22.9 Å². The van der Waals surface area contributed by atoms with Crippen LogP contribution in [0.5, 0.6) is 17.2 Å². The van der Waals surface area contributed by atoms with Gasteiger partial charge in [-0.3, -0.25) is 0 Å². The van der Waals surface area contributed by atoms with Gasteiger partial charge in [0.2, 0.25) is 0 Å². The van der Waals surface area contributed by atoms with Gasteiger partial charge in [-0.25, -0.2) is 4.98 Å². The number of hydrogen-bond donors (Lipinski definition) is 1. The minimum Gasteiger partial charge on any atom is -0.496 e. The zero-order valence-electron chi connectivity index (χ0n) is 12.9. The van der Waals surface area contributed by atoms with Gasteiger partial charge in [0.25, 0.3) is 0 Å². The van der Waals surface area contributed by atoms with E-state index in [1.807, 2.05) is 6.92 Å². The van der Waals surface area contributed by atoms with Crippen molar-refractivity contribution in [2.75, 3.05) is 27.1 Å². The maximum atomic E-state index is 9.38. The molecule has 0 radical (unpaired) electrons. The fraction of sp³-hybridized carbons (Fsp3) is 0.250. The molecule has 22 heavy (non-hydrogen) atoms. The quantitative estimate of drug-likeness (QED) is 0.933. The van der Waals surface area contributed by atoms with Crippen molar-refractivity contribution in [1.82, 2.24) is 4.98 Å². The van der Waals surface area contributed by atoms with Gasteiger partial charge in [-0.15, -0.1) is 0 Å². The molecule has 0 aliphatic rings. The van der Waals surface area contributed by atoms with Crippen LogP contribution in [0.25, 0.3) is 11.1 Å². The van der Waals surface area contributed by atoms with Gasteiger partial charge in [-0.1, -0.05) is 0 Å². The molecule has 6 nitrogen and oxygen atoms in total. The van der Waals surface area contributed by atoms with Crippen LogP contribution in [0.15, 0.2) is 18.2 Å². The molecular weight excluding hydrogens is 282 g/mol. The number of rotatable bonds is 4. The lowest BCUT2D eigenvalue weighted by Gasteiger charge is -2.15. The van der Waals surface area contributed by atoms with Gasteiger partial charge in [-0.2, -0.15) is 5.26 Å². The standard InChI is InChI=1S/C16H17N3O3/c1-9-5-10(12(8-17)16(18)19-9)11-6-14(21-3)15(22-4)7-13(11)20-2/h5-7H,1-4H3,(H2,18,19). The summed E-state index contributed by atoms with van der Waals surface area (Å²) in [6.45, 7) is 1.81. The summed E-state index contributed by atoms with van der Waals surface area (Å²) < 4.78 is 16.0. The van der Waals surface area contributed by atoms with Crippen molar-refractivity contribution >= 4 is 5.82 Å². The Morgan fingerprint density at radius 1 is 0.955 bits per heavy atom. The summed E-state index contributed by atoms with van der Waals surface area (Å²) in [5, 5.41) is 9.38. The van der Waals surface area contributed by atoms with Crippen molar-refractivity contribution in [2.45, 2.75) is 6.92 Å². The molecule has 0 saturated heterocycles. The molecule has 0 aliphatic heterocycles. The Morgan fingerprint density at radius 3 is 2.09 bits per heavy atom. The molecule has 1 aromatic carbocycles. The lowest BCUT2D eigenvalue weighted by molar-refractivity contribution is 0.349. The van der Waals surface area contributed by atoms with Crippen molar-refractivity contribution in [3.05, 3.63) is 29.5 Å². The molecule has 0 atom stereocenters. The van der Waals surface area contributed by atoms with Gasteiger partial charge >= 0.3 is 0 Å². The van der Waals surface area contributed by atoms with Crippen molar-refractivity contribution < 1.29 is 14.2 Å². The van der Waals surface area contributed by atoms with Crippen LogP contribution in [-0.4, -0.2) is 26.3 Å². The number of anilines is 1. The Hall–Kier alpha value is -2.94. The highest BCUT2D eigenvalue weighted by Crippen LogP contribution is 2.41. The first kappa shape index (κ1) is 15.4. The predicted octanol–water partition coefficient (Wildman–Crippen LogP) is 2.54. The molecule has 0 unspecified atom stereocenters. The van der Waals surface area contributed by atoms with Crippen molar-refractivity contribution in [1.29, 1.82) is 5.26 Å². The average Bonchev–Trinajstić information content (AvgIpc) is 2.52. The second-order valence-electron chi connectivity index (χ2n) is 4.59. The Labute approximate surface area is 129 Å². The summed E-state index contributed by atoms with van der Waals surface area (Å²) in [6.07, 6.45) is 0. The van der Waals surface area contributed by atoms with Crippen LogP contribution in [0.1, 0.15) is 11.3 Å². The summed E-state index contributed by atoms with van der Waals surface area (Å²) in [5.41, 5.74) is 8.20. The lowest BCUT2D eigenvalue weighted by atomic mass is 9.99. The number of aryl methyl sites for hydroxylation is 1. The number of pyridine rings is 1. The zero-order chi connectivity index (χ0) is 16.3. The largest absolute Gasteiger partial charge is 0.496 e. The van der Waals surface area contributed by atoms with Crippen LogP contribution in [0.3, 0.4) is 0 Å². The fourth-order valence-corrected chi connectivity index (χ4v) is 2.27. The van der Waals surface area contributed by atoms with E-state index in [1.54, 1.807) is 39.5 Å².